The van der Waals surface area contributed by atoms with Crippen LogP contribution in [0.3, 0.4) is 0 Å². The second-order valence-corrected chi connectivity index (χ2v) is 9.21. The second-order valence-electron chi connectivity index (χ2n) is 7.56. The molecule has 0 aromatic heterocycles. The van der Waals surface area contributed by atoms with E-state index in [1.54, 1.807) is 18.5 Å². The fourth-order valence-corrected chi connectivity index (χ4v) is 6.02. The van der Waals surface area contributed by atoms with Gasteiger partial charge in [0.1, 0.15) is 0 Å². The van der Waals surface area contributed by atoms with Crippen LogP contribution in [-0.4, -0.2) is 39.5 Å². The first kappa shape index (κ1) is 19.5. The standard InChI is InChI=1S/C19H30N2O4S/c1-13(2)19-16-12-18(25-4)17(24-3)11-14(16)9-10-21(19)26(22,23)20-15-7-5-6-8-15/h11-13,15,19-20H,5-10H2,1-4H3. The van der Waals surface area contributed by atoms with E-state index in [4.69, 9.17) is 9.47 Å². The SMILES string of the molecule is COc1cc2c(cc1OC)C(C(C)C)N(S(=O)(=O)NC1CCCC1)CC2. The quantitative estimate of drug-likeness (QED) is 0.821. The Hall–Kier alpha value is -1.31. The lowest BCUT2D eigenvalue weighted by molar-refractivity contribution is 0.242. The summed E-state index contributed by atoms with van der Waals surface area (Å²) >= 11 is 0. The van der Waals surface area contributed by atoms with Gasteiger partial charge in [-0.1, -0.05) is 26.7 Å². The molecule has 1 saturated carbocycles. The molecule has 0 bridgehead atoms. The zero-order valence-electron chi connectivity index (χ0n) is 16.1. The lowest BCUT2D eigenvalue weighted by Gasteiger charge is -2.39. The van der Waals surface area contributed by atoms with Gasteiger partial charge >= 0.3 is 0 Å². The van der Waals surface area contributed by atoms with Crippen molar-refractivity contribution in [1.82, 2.24) is 9.03 Å². The average Bonchev–Trinajstić information content (AvgIpc) is 3.11. The minimum atomic E-state index is -3.53. The van der Waals surface area contributed by atoms with Crippen LogP contribution >= 0.6 is 0 Å². The summed E-state index contributed by atoms with van der Waals surface area (Å²) in [7, 11) is -0.303. The third-order valence-electron chi connectivity index (χ3n) is 5.49. The normalized spacial score (nSPS) is 21.8. The summed E-state index contributed by atoms with van der Waals surface area (Å²) in [5.41, 5.74) is 2.15. The molecular weight excluding hydrogens is 352 g/mol. The Bertz CT molecular complexity index is 742. The maximum Gasteiger partial charge on any atom is 0.280 e. The van der Waals surface area contributed by atoms with Crippen LogP contribution < -0.4 is 14.2 Å². The van der Waals surface area contributed by atoms with Crippen molar-refractivity contribution < 1.29 is 17.9 Å². The zero-order valence-corrected chi connectivity index (χ0v) is 16.9. The number of hydrogen-bond donors (Lipinski definition) is 1. The van der Waals surface area contributed by atoms with Crippen molar-refractivity contribution in [2.45, 2.75) is 58.0 Å². The lowest BCUT2D eigenvalue weighted by Crippen LogP contribution is -2.49. The Morgan fingerprint density at radius 3 is 2.31 bits per heavy atom. The van der Waals surface area contributed by atoms with Crippen molar-refractivity contribution in [3.8, 4) is 11.5 Å². The van der Waals surface area contributed by atoms with Gasteiger partial charge in [-0.05, 0) is 48.4 Å². The summed E-state index contributed by atoms with van der Waals surface area (Å²) in [5.74, 6) is 1.47. The number of hydrogen-bond acceptors (Lipinski definition) is 4. The van der Waals surface area contributed by atoms with Gasteiger partial charge in [0.2, 0.25) is 0 Å². The van der Waals surface area contributed by atoms with Crippen molar-refractivity contribution in [2.24, 2.45) is 5.92 Å². The van der Waals surface area contributed by atoms with Crippen LogP contribution in [0.5, 0.6) is 11.5 Å². The highest BCUT2D eigenvalue weighted by Gasteiger charge is 2.39. The number of fused-ring (bicyclic) bond motifs is 1. The van der Waals surface area contributed by atoms with Crippen LogP contribution in [-0.2, 0) is 16.6 Å². The first-order chi connectivity index (χ1) is 12.4. The van der Waals surface area contributed by atoms with Crippen LogP contribution in [0.1, 0.15) is 56.7 Å². The van der Waals surface area contributed by atoms with Crippen molar-refractivity contribution in [1.29, 1.82) is 0 Å². The number of nitrogens with one attached hydrogen (secondary N) is 1. The Kier molecular flexibility index (Phi) is 5.79. The zero-order chi connectivity index (χ0) is 18.9. The summed E-state index contributed by atoms with van der Waals surface area (Å²) in [5, 5.41) is 0. The predicted molar refractivity (Wildman–Crippen MR) is 102 cm³/mol. The summed E-state index contributed by atoms with van der Waals surface area (Å²) in [4.78, 5) is 0. The Balaban J connectivity index is 1.96. The Morgan fingerprint density at radius 2 is 1.73 bits per heavy atom. The van der Waals surface area contributed by atoms with Gasteiger partial charge in [0.15, 0.2) is 11.5 Å². The van der Waals surface area contributed by atoms with E-state index in [0.717, 1.165) is 36.8 Å². The van der Waals surface area contributed by atoms with E-state index in [-0.39, 0.29) is 18.0 Å². The van der Waals surface area contributed by atoms with Crippen LogP contribution in [0.4, 0.5) is 0 Å². The molecule has 1 unspecified atom stereocenters. The Labute approximate surface area is 157 Å². The summed E-state index contributed by atoms with van der Waals surface area (Å²) < 4.78 is 41.6. The summed E-state index contributed by atoms with van der Waals surface area (Å²) in [6.45, 7) is 4.61. The molecule has 26 heavy (non-hydrogen) atoms. The molecule has 2 aliphatic rings. The van der Waals surface area contributed by atoms with E-state index < -0.39 is 10.2 Å². The number of nitrogens with zero attached hydrogens (tertiary/aromatic N) is 1. The fourth-order valence-electron chi connectivity index (χ4n) is 4.24. The molecule has 0 amide bonds. The minimum absolute atomic E-state index is 0.0691. The smallest absolute Gasteiger partial charge is 0.280 e. The lowest BCUT2D eigenvalue weighted by atomic mass is 9.87. The number of methoxy groups -OCH3 is 2. The molecule has 7 heteroatoms. The molecular formula is C19H30N2O4S. The van der Waals surface area contributed by atoms with Crippen LogP contribution in [0, 0.1) is 5.92 Å². The van der Waals surface area contributed by atoms with E-state index in [9.17, 15) is 8.42 Å². The van der Waals surface area contributed by atoms with E-state index in [0.29, 0.717) is 24.5 Å². The van der Waals surface area contributed by atoms with Gasteiger partial charge in [-0.3, -0.25) is 0 Å². The second kappa shape index (κ2) is 7.74. The van der Waals surface area contributed by atoms with Gasteiger partial charge in [-0.15, -0.1) is 0 Å². The van der Waals surface area contributed by atoms with Gasteiger partial charge in [0.25, 0.3) is 10.2 Å². The van der Waals surface area contributed by atoms with Crippen molar-refractivity contribution in [3.05, 3.63) is 23.3 Å². The maximum atomic E-state index is 13.1. The van der Waals surface area contributed by atoms with Crippen LogP contribution in [0.15, 0.2) is 12.1 Å². The fraction of sp³-hybridized carbons (Fsp3) is 0.684. The molecule has 0 saturated heterocycles. The third kappa shape index (κ3) is 3.70. The van der Waals surface area contributed by atoms with Crippen molar-refractivity contribution >= 4 is 10.2 Å². The van der Waals surface area contributed by atoms with E-state index in [2.05, 4.69) is 18.6 Å². The minimum Gasteiger partial charge on any atom is -0.493 e. The highest BCUT2D eigenvalue weighted by Crippen LogP contribution is 2.42. The molecule has 0 spiro atoms. The van der Waals surface area contributed by atoms with E-state index in [1.165, 1.54) is 0 Å². The summed E-state index contributed by atoms with van der Waals surface area (Å²) in [6.07, 6.45) is 4.73. The highest BCUT2D eigenvalue weighted by atomic mass is 32.2. The maximum absolute atomic E-state index is 13.1. The molecule has 1 heterocycles. The largest absolute Gasteiger partial charge is 0.493 e. The molecule has 1 atom stereocenters. The monoisotopic (exact) mass is 382 g/mol. The Morgan fingerprint density at radius 1 is 1.12 bits per heavy atom. The van der Waals surface area contributed by atoms with Gasteiger partial charge in [-0.25, -0.2) is 0 Å². The summed E-state index contributed by atoms with van der Waals surface area (Å²) in [6, 6.07) is 3.78. The molecule has 0 radical (unpaired) electrons. The molecule has 1 aliphatic heterocycles. The molecule has 146 valence electrons. The van der Waals surface area contributed by atoms with Crippen molar-refractivity contribution in [3.63, 3.8) is 0 Å². The first-order valence-electron chi connectivity index (χ1n) is 9.41. The predicted octanol–water partition coefficient (Wildman–Crippen LogP) is 3.04. The van der Waals surface area contributed by atoms with Gasteiger partial charge in [0, 0.05) is 12.6 Å². The molecule has 3 rings (SSSR count). The number of benzene rings is 1. The van der Waals surface area contributed by atoms with E-state index in [1.807, 2.05) is 12.1 Å². The number of rotatable bonds is 6. The molecule has 1 aliphatic carbocycles. The molecule has 1 fully saturated rings. The molecule has 1 aromatic rings. The molecule has 6 nitrogen and oxygen atoms in total. The van der Waals surface area contributed by atoms with Crippen LogP contribution in [0.25, 0.3) is 0 Å². The van der Waals surface area contributed by atoms with Gasteiger partial charge in [-0.2, -0.15) is 17.4 Å². The molecule has 1 aromatic carbocycles. The average molecular weight is 383 g/mol. The third-order valence-corrected chi connectivity index (χ3v) is 7.15. The highest BCUT2D eigenvalue weighted by molar-refractivity contribution is 7.87. The van der Waals surface area contributed by atoms with Gasteiger partial charge in [0.05, 0.1) is 20.3 Å². The van der Waals surface area contributed by atoms with Gasteiger partial charge < -0.3 is 9.47 Å². The van der Waals surface area contributed by atoms with Crippen LogP contribution in [0.2, 0.25) is 0 Å². The topological polar surface area (TPSA) is 67.9 Å². The first-order valence-corrected chi connectivity index (χ1v) is 10.8. The van der Waals surface area contributed by atoms with Crippen molar-refractivity contribution in [2.75, 3.05) is 20.8 Å². The number of ether oxygens (including phenoxy) is 2. The van der Waals surface area contributed by atoms with E-state index >= 15 is 0 Å². The molecule has 1 N–H and O–H groups in total.